The molecule has 0 aliphatic carbocycles. The maximum atomic E-state index is 12.7. The number of rotatable bonds is 2. The number of ether oxygens (including phenoxy) is 2. The molecule has 5 nitrogen and oxygen atoms in total. The molecule has 0 bridgehead atoms. The molecule has 0 saturated heterocycles. The van der Waals surface area contributed by atoms with Gasteiger partial charge in [-0.15, -0.1) is 0 Å². The molecule has 0 aliphatic heterocycles. The minimum absolute atomic E-state index is 0.420. The molecule has 0 N–H and O–H groups in total. The molecule has 1 heterocycles. The number of carbonyl (C=O) groups excluding carboxylic acids is 2. The van der Waals surface area contributed by atoms with Crippen molar-refractivity contribution >= 4 is 23.0 Å². The van der Waals surface area contributed by atoms with Crippen molar-refractivity contribution < 1.29 is 19.1 Å². The highest BCUT2D eigenvalue weighted by atomic mass is 16.6. The van der Waals surface area contributed by atoms with E-state index in [2.05, 4.69) is 0 Å². The van der Waals surface area contributed by atoms with E-state index in [0.29, 0.717) is 11.1 Å². The lowest BCUT2D eigenvalue weighted by Crippen LogP contribution is -2.26. The molecule has 1 aromatic heterocycles. The second-order valence-corrected chi connectivity index (χ2v) is 7.45. The lowest BCUT2D eigenvalue weighted by atomic mass is 9.98. The van der Waals surface area contributed by atoms with Crippen LogP contribution in [-0.4, -0.2) is 29.3 Å². The van der Waals surface area contributed by atoms with Gasteiger partial charge in [0.2, 0.25) is 0 Å². The van der Waals surface area contributed by atoms with E-state index in [-0.39, 0.29) is 0 Å². The normalized spacial score (nSPS) is 11.4. The van der Waals surface area contributed by atoms with Gasteiger partial charge in [0.25, 0.3) is 0 Å². The van der Waals surface area contributed by atoms with E-state index in [1.807, 2.05) is 58.0 Å². The summed E-state index contributed by atoms with van der Waals surface area (Å²) in [5.74, 6) is -0.420. The van der Waals surface area contributed by atoms with E-state index in [9.17, 15) is 9.59 Å². The van der Waals surface area contributed by atoms with Crippen molar-refractivity contribution in [3.63, 3.8) is 0 Å². The minimum atomic E-state index is -0.609. The number of hydrogen-bond acceptors (Lipinski definition) is 4. The van der Waals surface area contributed by atoms with Gasteiger partial charge in [0.1, 0.15) is 5.60 Å². The van der Waals surface area contributed by atoms with Gasteiger partial charge in [-0.05, 0) is 51.5 Å². The van der Waals surface area contributed by atoms with Gasteiger partial charge >= 0.3 is 12.1 Å². The van der Waals surface area contributed by atoms with Crippen molar-refractivity contribution in [3.8, 4) is 11.1 Å². The minimum Gasteiger partial charge on any atom is -0.465 e. The van der Waals surface area contributed by atoms with Gasteiger partial charge in [-0.3, -0.25) is 4.57 Å². The average Bonchev–Trinajstić information content (AvgIpc) is 2.98. The first kappa shape index (κ1) is 18.7. The summed E-state index contributed by atoms with van der Waals surface area (Å²) < 4.78 is 11.9. The highest BCUT2D eigenvalue weighted by Crippen LogP contribution is 2.34. The van der Waals surface area contributed by atoms with Crippen LogP contribution in [0.25, 0.3) is 22.0 Å². The molecule has 2 aromatic carbocycles. The highest BCUT2D eigenvalue weighted by molar-refractivity contribution is 6.06. The van der Waals surface area contributed by atoms with Crippen LogP contribution in [0.3, 0.4) is 0 Å². The Hall–Kier alpha value is -3.08. The molecule has 3 aromatic rings. The number of aryl methyl sites for hydroxylation is 1. The third-order valence-corrected chi connectivity index (χ3v) is 4.17. The summed E-state index contributed by atoms with van der Waals surface area (Å²) in [5, 5.41) is 0.872. The Labute approximate surface area is 158 Å². The van der Waals surface area contributed by atoms with E-state index in [0.717, 1.165) is 22.0 Å². The largest absolute Gasteiger partial charge is 0.465 e. The molecule has 0 atom stereocenters. The predicted octanol–water partition coefficient (Wildman–Crippen LogP) is 5.19. The number of hydrogen-bond donors (Lipinski definition) is 0. The molecule has 0 fully saturated rings. The molecule has 27 heavy (non-hydrogen) atoms. The van der Waals surface area contributed by atoms with Crippen molar-refractivity contribution in [3.05, 3.63) is 59.8 Å². The monoisotopic (exact) mass is 365 g/mol. The Balaban J connectivity index is 2.25. The van der Waals surface area contributed by atoms with Gasteiger partial charge in [0.05, 0.1) is 18.2 Å². The zero-order chi connectivity index (χ0) is 19.8. The first-order valence-electron chi connectivity index (χ1n) is 8.74. The Kier molecular flexibility index (Phi) is 4.79. The van der Waals surface area contributed by atoms with Crippen LogP contribution in [0.1, 0.15) is 36.7 Å². The van der Waals surface area contributed by atoms with Gasteiger partial charge in [0, 0.05) is 17.1 Å². The van der Waals surface area contributed by atoms with Crippen LogP contribution in [0.2, 0.25) is 0 Å². The zero-order valence-corrected chi connectivity index (χ0v) is 16.2. The quantitative estimate of drug-likeness (QED) is 0.587. The van der Waals surface area contributed by atoms with Gasteiger partial charge in [-0.1, -0.05) is 29.8 Å². The Morgan fingerprint density at radius 1 is 1.00 bits per heavy atom. The SMILES string of the molecule is COC(=O)c1ccccc1-c1cn(C(=O)OC(C)(C)C)c2ccc(C)cc12. The summed E-state index contributed by atoms with van der Waals surface area (Å²) in [4.78, 5) is 24.9. The first-order valence-corrected chi connectivity index (χ1v) is 8.74. The predicted molar refractivity (Wildman–Crippen MR) is 105 cm³/mol. The fourth-order valence-corrected chi connectivity index (χ4v) is 3.03. The fraction of sp³-hybridized carbons (Fsp3) is 0.273. The molecular formula is C22H23NO4. The Morgan fingerprint density at radius 2 is 1.70 bits per heavy atom. The van der Waals surface area contributed by atoms with Crippen LogP contribution in [0.4, 0.5) is 4.79 Å². The van der Waals surface area contributed by atoms with Crippen LogP contribution in [0, 0.1) is 6.92 Å². The maximum absolute atomic E-state index is 12.7. The summed E-state index contributed by atoms with van der Waals surface area (Å²) in [6.45, 7) is 7.47. The fourth-order valence-electron chi connectivity index (χ4n) is 3.03. The van der Waals surface area contributed by atoms with Crippen molar-refractivity contribution in [1.82, 2.24) is 4.57 Å². The Morgan fingerprint density at radius 3 is 2.37 bits per heavy atom. The zero-order valence-electron chi connectivity index (χ0n) is 16.2. The summed E-state index contributed by atoms with van der Waals surface area (Å²) in [6, 6.07) is 13.0. The molecule has 0 saturated carbocycles. The van der Waals surface area contributed by atoms with Crippen LogP contribution in [0.15, 0.2) is 48.7 Å². The molecule has 140 valence electrons. The van der Waals surface area contributed by atoms with Crippen molar-refractivity contribution in [2.45, 2.75) is 33.3 Å². The maximum Gasteiger partial charge on any atom is 0.419 e. The first-order chi connectivity index (χ1) is 12.7. The number of methoxy groups -OCH3 is 1. The van der Waals surface area contributed by atoms with Crippen molar-refractivity contribution in [2.24, 2.45) is 0 Å². The van der Waals surface area contributed by atoms with Gasteiger partial charge < -0.3 is 9.47 Å². The summed E-state index contributed by atoms with van der Waals surface area (Å²) in [5.41, 5.74) is 3.11. The number of nitrogens with zero attached hydrogens (tertiary/aromatic N) is 1. The Bertz CT molecular complexity index is 1020. The summed E-state index contributed by atoms with van der Waals surface area (Å²) >= 11 is 0. The van der Waals surface area contributed by atoms with Gasteiger partial charge in [-0.25, -0.2) is 9.59 Å². The number of esters is 1. The highest BCUT2D eigenvalue weighted by Gasteiger charge is 2.23. The van der Waals surface area contributed by atoms with E-state index >= 15 is 0 Å². The van der Waals surface area contributed by atoms with Crippen LogP contribution in [0.5, 0.6) is 0 Å². The standard InChI is InChI=1S/C22H23NO4/c1-14-10-11-19-17(12-14)18(13-23(19)21(25)27-22(2,3)4)15-8-6-7-9-16(15)20(24)26-5/h6-13H,1-5H3. The van der Waals surface area contributed by atoms with Crippen molar-refractivity contribution in [2.75, 3.05) is 7.11 Å². The van der Waals surface area contributed by atoms with E-state index in [1.54, 1.807) is 18.3 Å². The van der Waals surface area contributed by atoms with Crippen LogP contribution < -0.4 is 0 Å². The van der Waals surface area contributed by atoms with Crippen LogP contribution >= 0.6 is 0 Å². The molecule has 0 amide bonds. The van der Waals surface area contributed by atoms with Gasteiger partial charge in [0.15, 0.2) is 0 Å². The summed E-state index contributed by atoms with van der Waals surface area (Å²) in [6.07, 6.45) is 1.26. The van der Waals surface area contributed by atoms with Crippen molar-refractivity contribution in [1.29, 1.82) is 0 Å². The van der Waals surface area contributed by atoms with Crippen LogP contribution in [-0.2, 0) is 9.47 Å². The number of aromatic nitrogens is 1. The number of benzene rings is 2. The van der Waals surface area contributed by atoms with E-state index < -0.39 is 17.7 Å². The molecule has 0 spiro atoms. The molecule has 0 unspecified atom stereocenters. The molecule has 0 aliphatic rings. The second kappa shape index (κ2) is 6.91. The molecule has 3 rings (SSSR count). The van der Waals surface area contributed by atoms with E-state index in [4.69, 9.17) is 9.47 Å². The average molecular weight is 365 g/mol. The molecular weight excluding hydrogens is 342 g/mol. The topological polar surface area (TPSA) is 57.5 Å². The molecule has 5 heteroatoms. The van der Waals surface area contributed by atoms with Gasteiger partial charge in [-0.2, -0.15) is 0 Å². The lowest BCUT2D eigenvalue weighted by molar-refractivity contribution is 0.0543. The summed E-state index contributed by atoms with van der Waals surface area (Å²) in [7, 11) is 1.35. The third-order valence-electron chi connectivity index (χ3n) is 4.17. The lowest BCUT2D eigenvalue weighted by Gasteiger charge is -2.19. The smallest absolute Gasteiger partial charge is 0.419 e. The second-order valence-electron chi connectivity index (χ2n) is 7.45. The molecule has 0 radical (unpaired) electrons. The van der Waals surface area contributed by atoms with E-state index in [1.165, 1.54) is 11.7 Å². The number of carbonyl (C=O) groups is 2. The third kappa shape index (κ3) is 3.72. The number of fused-ring (bicyclic) bond motifs is 1.